The smallest absolute Gasteiger partial charge is 0.119 e. The van der Waals surface area contributed by atoms with Crippen LogP contribution in [0.3, 0.4) is 0 Å². The third-order valence-corrected chi connectivity index (χ3v) is 5.51. The molecule has 0 aromatic heterocycles. The quantitative estimate of drug-likeness (QED) is 0.346. The van der Waals surface area contributed by atoms with Crippen LogP contribution in [-0.4, -0.2) is 24.5 Å². The molecule has 0 bridgehead atoms. The zero-order valence-corrected chi connectivity index (χ0v) is 17.4. The SMILES string of the molecule is CCN(CC)CC.ClC(c1ccccc1)(c1ccccc1)c1ccccc1. The standard InChI is InChI=1S/C19H15Cl.C6H15N/c20-19(16-10-4-1-5-11-16,17-12-6-2-7-13-17)18-14-8-3-9-15-18;1-4-7(5-2)6-3/h1-15H;4-6H2,1-3H3. The van der Waals surface area contributed by atoms with Gasteiger partial charge < -0.3 is 4.90 Å². The van der Waals surface area contributed by atoms with Crippen LogP contribution in [0.2, 0.25) is 0 Å². The van der Waals surface area contributed by atoms with E-state index in [-0.39, 0.29) is 0 Å². The predicted molar refractivity (Wildman–Crippen MR) is 119 cm³/mol. The van der Waals surface area contributed by atoms with Gasteiger partial charge in [-0.1, -0.05) is 112 Å². The van der Waals surface area contributed by atoms with Gasteiger partial charge in [0.1, 0.15) is 4.87 Å². The second-order valence-electron chi connectivity index (χ2n) is 6.38. The van der Waals surface area contributed by atoms with E-state index in [4.69, 9.17) is 11.6 Å². The monoisotopic (exact) mass is 379 g/mol. The van der Waals surface area contributed by atoms with Crippen molar-refractivity contribution >= 4 is 11.6 Å². The predicted octanol–water partition coefficient (Wildman–Crippen LogP) is 6.57. The van der Waals surface area contributed by atoms with Crippen LogP contribution in [-0.2, 0) is 4.87 Å². The average molecular weight is 380 g/mol. The summed E-state index contributed by atoms with van der Waals surface area (Å²) in [5.41, 5.74) is 3.25. The Hall–Kier alpha value is -2.09. The Kier molecular flexibility index (Phi) is 8.57. The van der Waals surface area contributed by atoms with Crippen molar-refractivity contribution in [1.29, 1.82) is 0 Å². The van der Waals surface area contributed by atoms with Crippen LogP contribution in [0, 0.1) is 0 Å². The Morgan fingerprint density at radius 3 is 1.00 bits per heavy atom. The third-order valence-electron chi connectivity index (χ3n) is 4.86. The zero-order valence-electron chi connectivity index (χ0n) is 16.6. The van der Waals surface area contributed by atoms with Crippen molar-refractivity contribution in [3.05, 3.63) is 108 Å². The van der Waals surface area contributed by atoms with Gasteiger partial charge in [-0.3, -0.25) is 0 Å². The molecule has 1 nitrogen and oxygen atoms in total. The number of benzene rings is 3. The second-order valence-corrected chi connectivity index (χ2v) is 6.94. The van der Waals surface area contributed by atoms with E-state index >= 15 is 0 Å². The molecule has 0 aliphatic carbocycles. The van der Waals surface area contributed by atoms with Crippen LogP contribution in [0.15, 0.2) is 91.0 Å². The van der Waals surface area contributed by atoms with Crippen molar-refractivity contribution in [2.75, 3.05) is 19.6 Å². The summed E-state index contributed by atoms with van der Waals surface area (Å²) >= 11 is 7.12. The van der Waals surface area contributed by atoms with Crippen molar-refractivity contribution in [3.8, 4) is 0 Å². The largest absolute Gasteiger partial charge is 0.304 e. The van der Waals surface area contributed by atoms with Crippen LogP contribution in [0.25, 0.3) is 0 Å². The molecule has 3 rings (SSSR count). The lowest BCUT2D eigenvalue weighted by molar-refractivity contribution is 0.321. The summed E-state index contributed by atoms with van der Waals surface area (Å²) in [5, 5.41) is 0. The molecule has 0 amide bonds. The normalized spacial score (nSPS) is 11.0. The van der Waals surface area contributed by atoms with Crippen LogP contribution >= 0.6 is 11.6 Å². The molecular formula is C25H30ClN. The number of hydrogen-bond donors (Lipinski definition) is 0. The fourth-order valence-corrected chi connectivity index (χ4v) is 3.55. The molecule has 3 aromatic rings. The van der Waals surface area contributed by atoms with Crippen LogP contribution in [0.5, 0.6) is 0 Å². The minimum Gasteiger partial charge on any atom is -0.304 e. The van der Waals surface area contributed by atoms with Gasteiger partial charge in [-0.15, -0.1) is 11.6 Å². The Bertz CT molecular complexity index is 650. The molecule has 0 aliphatic rings. The molecule has 0 saturated carbocycles. The first-order chi connectivity index (χ1) is 13.2. The van der Waals surface area contributed by atoms with E-state index in [0.717, 1.165) is 16.7 Å². The van der Waals surface area contributed by atoms with Gasteiger partial charge in [0, 0.05) is 0 Å². The van der Waals surface area contributed by atoms with Crippen molar-refractivity contribution in [3.63, 3.8) is 0 Å². The lowest BCUT2D eigenvalue weighted by atomic mass is 9.84. The number of alkyl halides is 1. The number of hydrogen-bond acceptors (Lipinski definition) is 1. The van der Waals surface area contributed by atoms with Crippen molar-refractivity contribution in [2.24, 2.45) is 0 Å². The maximum atomic E-state index is 7.12. The van der Waals surface area contributed by atoms with E-state index < -0.39 is 4.87 Å². The van der Waals surface area contributed by atoms with Gasteiger partial charge >= 0.3 is 0 Å². The maximum absolute atomic E-state index is 7.12. The Balaban J connectivity index is 0.000000321. The summed E-state index contributed by atoms with van der Waals surface area (Å²) in [5.74, 6) is 0. The molecule has 2 heteroatoms. The first-order valence-corrected chi connectivity index (χ1v) is 10.1. The lowest BCUT2D eigenvalue weighted by Crippen LogP contribution is -2.22. The molecular weight excluding hydrogens is 350 g/mol. The van der Waals surface area contributed by atoms with Gasteiger partial charge in [0.25, 0.3) is 0 Å². The molecule has 0 unspecified atom stereocenters. The van der Waals surface area contributed by atoms with Gasteiger partial charge in [-0.05, 0) is 36.3 Å². The molecule has 0 aliphatic heterocycles. The van der Waals surface area contributed by atoms with Crippen LogP contribution in [0.1, 0.15) is 37.5 Å². The summed E-state index contributed by atoms with van der Waals surface area (Å²) in [6, 6.07) is 30.6. The summed E-state index contributed by atoms with van der Waals surface area (Å²) in [6.07, 6.45) is 0. The topological polar surface area (TPSA) is 3.24 Å². The Morgan fingerprint density at radius 1 is 0.556 bits per heavy atom. The molecule has 0 N–H and O–H groups in total. The first-order valence-electron chi connectivity index (χ1n) is 9.74. The third kappa shape index (κ3) is 5.45. The van der Waals surface area contributed by atoms with Crippen LogP contribution in [0.4, 0.5) is 0 Å². The maximum Gasteiger partial charge on any atom is 0.119 e. The van der Waals surface area contributed by atoms with E-state index in [2.05, 4.69) is 62.1 Å². The van der Waals surface area contributed by atoms with E-state index in [9.17, 15) is 0 Å². The minimum atomic E-state index is -0.649. The van der Waals surface area contributed by atoms with Crippen molar-refractivity contribution in [2.45, 2.75) is 25.6 Å². The Morgan fingerprint density at radius 2 is 0.815 bits per heavy atom. The molecule has 0 atom stereocenters. The summed E-state index contributed by atoms with van der Waals surface area (Å²) in [6.45, 7) is 10.1. The lowest BCUT2D eigenvalue weighted by Gasteiger charge is -2.29. The van der Waals surface area contributed by atoms with Crippen LogP contribution < -0.4 is 0 Å². The second kappa shape index (κ2) is 10.9. The highest BCUT2D eigenvalue weighted by Gasteiger charge is 2.33. The molecule has 27 heavy (non-hydrogen) atoms. The number of halogens is 1. The van der Waals surface area contributed by atoms with Gasteiger partial charge in [0.05, 0.1) is 0 Å². The summed E-state index contributed by atoms with van der Waals surface area (Å²) < 4.78 is 0. The fourth-order valence-electron chi connectivity index (χ4n) is 3.17. The minimum absolute atomic E-state index is 0.649. The number of rotatable bonds is 6. The number of nitrogens with zero attached hydrogens (tertiary/aromatic N) is 1. The van der Waals surface area contributed by atoms with E-state index in [1.807, 2.05) is 54.6 Å². The van der Waals surface area contributed by atoms with E-state index in [0.29, 0.717) is 0 Å². The van der Waals surface area contributed by atoms with E-state index in [1.54, 1.807) is 0 Å². The first kappa shape index (κ1) is 21.2. The molecule has 3 aromatic carbocycles. The average Bonchev–Trinajstić information content (AvgIpc) is 2.77. The van der Waals surface area contributed by atoms with Crippen molar-refractivity contribution < 1.29 is 0 Å². The molecule has 142 valence electrons. The molecule has 0 saturated heterocycles. The van der Waals surface area contributed by atoms with Gasteiger partial charge in [-0.2, -0.15) is 0 Å². The fraction of sp³-hybridized carbons (Fsp3) is 0.280. The molecule has 0 heterocycles. The van der Waals surface area contributed by atoms with Crippen molar-refractivity contribution in [1.82, 2.24) is 4.90 Å². The highest BCUT2D eigenvalue weighted by Crippen LogP contribution is 2.42. The highest BCUT2D eigenvalue weighted by molar-refractivity contribution is 6.28. The molecule has 0 fully saturated rings. The molecule has 0 spiro atoms. The summed E-state index contributed by atoms with van der Waals surface area (Å²) in [4.78, 5) is 1.73. The molecule has 0 radical (unpaired) electrons. The van der Waals surface area contributed by atoms with Gasteiger partial charge in [0.15, 0.2) is 0 Å². The van der Waals surface area contributed by atoms with E-state index in [1.165, 1.54) is 19.6 Å². The van der Waals surface area contributed by atoms with Gasteiger partial charge in [-0.25, -0.2) is 0 Å². The Labute approximate surface area is 169 Å². The van der Waals surface area contributed by atoms with Gasteiger partial charge in [0.2, 0.25) is 0 Å². The summed E-state index contributed by atoms with van der Waals surface area (Å²) in [7, 11) is 0. The highest BCUT2D eigenvalue weighted by atomic mass is 35.5. The zero-order chi connectivity index (χ0) is 19.5.